The zero-order valence-electron chi connectivity index (χ0n) is 11.7. The van der Waals surface area contributed by atoms with Gasteiger partial charge in [0.15, 0.2) is 11.4 Å². The first-order valence-corrected chi connectivity index (χ1v) is 8.46. The number of nitrogen functional groups attached to an aromatic ring is 1. The van der Waals surface area contributed by atoms with Gasteiger partial charge in [-0.1, -0.05) is 5.16 Å². The van der Waals surface area contributed by atoms with E-state index >= 15 is 0 Å². The van der Waals surface area contributed by atoms with E-state index in [2.05, 4.69) is 37.7 Å². The largest absolute Gasteiger partial charge is 0.383 e. The summed E-state index contributed by atoms with van der Waals surface area (Å²) in [4.78, 5) is 8.50. The summed E-state index contributed by atoms with van der Waals surface area (Å²) in [5.41, 5.74) is 8.37. The molecule has 0 saturated heterocycles. The van der Waals surface area contributed by atoms with Crippen molar-refractivity contribution in [2.75, 3.05) is 5.73 Å². The van der Waals surface area contributed by atoms with E-state index in [-0.39, 0.29) is 0 Å². The third-order valence-corrected chi connectivity index (χ3v) is 5.29. The zero-order chi connectivity index (χ0) is 14.8. The Hall–Kier alpha value is -1.71. The molecule has 2 aliphatic carbocycles. The van der Waals surface area contributed by atoms with Gasteiger partial charge in [-0.15, -0.1) is 0 Å². The highest BCUT2D eigenvalue weighted by Gasteiger charge is 2.34. The predicted molar refractivity (Wildman–Crippen MR) is 88.2 cm³/mol. The van der Waals surface area contributed by atoms with Crippen molar-refractivity contribution >= 4 is 39.4 Å². The van der Waals surface area contributed by atoms with Gasteiger partial charge in [0.25, 0.3) is 0 Å². The van der Waals surface area contributed by atoms with Gasteiger partial charge < -0.3 is 10.3 Å². The number of fused-ring (bicyclic) bond motifs is 1. The van der Waals surface area contributed by atoms with Crippen LogP contribution in [0.3, 0.4) is 0 Å². The average molecular weight is 408 g/mol. The summed E-state index contributed by atoms with van der Waals surface area (Å²) in [7, 11) is 0. The lowest BCUT2D eigenvalue weighted by Crippen LogP contribution is -1.98. The first kappa shape index (κ1) is 12.8. The van der Waals surface area contributed by atoms with Crippen LogP contribution in [0.25, 0.3) is 22.4 Å². The minimum Gasteiger partial charge on any atom is -0.383 e. The smallest absolute Gasteiger partial charge is 0.164 e. The number of hydrogen-bond donors (Lipinski definition) is 1. The van der Waals surface area contributed by atoms with Gasteiger partial charge in [-0.05, 0) is 48.3 Å². The minimum absolute atomic E-state index is 0.415. The second-order valence-electron chi connectivity index (χ2n) is 5.97. The lowest BCUT2D eigenvalue weighted by molar-refractivity contribution is 0.385. The lowest BCUT2D eigenvalue weighted by Gasteiger charge is -1.98. The van der Waals surface area contributed by atoms with E-state index in [1.165, 1.54) is 19.2 Å². The molecule has 0 amide bonds. The molecule has 8 heteroatoms. The van der Waals surface area contributed by atoms with Crippen LogP contribution >= 0.6 is 22.6 Å². The Morgan fingerprint density at radius 2 is 2.00 bits per heavy atom. The van der Waals surface area contributed by atoms with Crippen molar-refractivity contribution in [1.29, 1.82) is 0 Å². The summed E-state index contributed by atoms with van der Waals surface area (Å²) in [5.74, 6) is 1.93. The Morgan fingerprint density at radius 3 is 2.73 bits per heavy atom. The van der Waals surface area contributed by atoms with Gasteiger partial charge in [0.2, 0.25) is 0 Å². The molecule has 0 atom stereocenters. The molecule has 0 aliphatic heterocycles. The van der Waals surface area contributed by atoms with Gasteiger partial charge in [-0.3, -0.25) is 0 Å². The molecule has 2 saturated carbocycles. The van der Waals surface area contributed by atoms with Crippen LogP contribution in [0.4, 0.5) is 5.82 Å². The number of aromatic nitrogens is 5. The van der Waals surface area contributed by atoms with Crippen LogP contribution in [0, 0.1) is 3.57 Å². The van der Waals surface area contributed by atoms with Crippen LogP contribution in [0.1, 0.15) is 43.4 Å². The topological polar surface area (TPSA) is 95.7 Å². The van der Waals surface area contributed by atoms with Crippen LogP contribution in [0.5, 0.6) is 0 Å². The molecule has 0 aromatic carbocycles. The normalized spacial score (nSPS) is 18.2. The minimum atomic E-state index is 0.415. The maximum absolute atomic E-state index is 6.09. The Bertz CT molecular complexity index is 892. The van der Waals surface area contributed by atoms with Crippen molar-refractivity contribution in [3.8, 4) is 11.4 Å². The predicted octanol–water partition coefficient (Wildman–Crippen LogP) is 2.88. The molecule has 2 aliphatic rings. The van der Waals surface area contributed by atoms with Crippen molar-refractivity contribution in [3.05, 3.63) is 15.7 Å². The fraction of sp³-hybridized carbons (Fsp3) is 0.429. The Morgan fingerprint density at radius 1 is 1.18 bits per heavy atom. The van der Waals surface area contributed by atoms with E-state index in [1.807, 2.05) is 4.68 Å². The van der Waals surface area contributed by atoms with Gasteiger partial charge in [0, 0.05) is 5.92 Å². The summed E-state index contributed by atoms with van der Waals surface area (Å²) in [6.07, 6.45) is 6.10. The lowest BCUT2D eigenvalue weighted by atomic mass is 10.2. The molecule has 5 rings (SSSR count). The molecule has 0 spiro atoms. The second-order valence-corrected chi connectivity index (χ2v) is 7.04. The van der Waals surface area contributed by atoms with Gasteiger partial charge >= 0.3 is 0 Å². The molecule has 2 fully saturated rings. The molecule has 0 unspecified atom stereocenters. The number of hydrogen-bond acceptors (Lipinski definition) is 6. The van der Waals surface area contributed by atoms with Crippen molar-refractivity contribution < 1.29 is 4.52 Å². The van der Waals surface area contributed by atoms with E-state index < -0.39 is 0 Å². The van der Waals surface area contributed by atoms with E-state index in [9.17, 15) is 0 Å². The van der Waals surface area contributed by atoms with Gasteiger partial charge in [-0.25, -0.2) is 14.6 Å². The Balaban J connectivity index is 1.77. The average Bonchev–Trinajstić information content (AvgIpc) is 3.43. The van der Waals surface area contributed by atoms with Crippen molar-refractivity contribution in [1.82, 2.24) is 24.9 Å². The van der Waals surface area contributed by atoms with E-state index in [0.717, 1.165) is 44.6 Å². The van der Waals surface area contributed by atoms with Crippen LogP contribution in [0.15, 0.2) is 10.9 Å². The Labute approximate surface area is 139 Å². The second kappa shape index (κ2) is 4.40. The molecule has 7 nitrogen and oxygen atoms in total. The fourth-order valence-electron chi connectivity index (χ4n) is 2.77. The van der Waals surface area contributed by atoms with Crippen LogP contribution < -0.4 is 5.73 Å². The van der Waals surface area contributed by atoms with Gasteiger partial charge in [-0.2, -0.15) is 5.10 Å². The first-order valence-electron chi connectivity index (χ1n) is 7.38. The Kier molecular flexibility index (Phi) is 2.56. The highest BCUT2D eigenvalue weighted by molar-refractivity contribution is 14.1. The van der Waals surface area contributed by atoms with Crippen LogP contribution in [-0.4, -0.2) is 24.9 Å². The van der Waals surface area contributed by atoms with Crippen molar-refractivity contribution in [2.24, 2.45) is 0 Å². The first-order chi connectivity index (χ1) is 10.7. The number of nitrogens with zero attached hydrogens (tertiary/aromatic N) is 5. The van der Waals surface area contributed by atoms with E-state index in [0.29, 0.717) is 17.8 Å². The van der Waals surface area contributed by atoms with Crippen LogP contribution in [-0.2, 0) is 0 Å². The third kappa shape index (κ3) is 1.79. The molecule has 3 aromatic rings. The number of nitrogens with two attached hydrogens (primary N) is 1. The molecular weight excluding hydrogens is 395 g/mol. The fourth-order valence-corrected chi connectivity index (χ4v) is 3.67. The summed E-state index contributed by atoms with van der Waals surface area (Å²) >= 11 is 2.29. The SMILES string of the molecule is Nc1ncnc2c1c(-c1noc(C3CC3)c1I)nn2C1CC1. The maximum Gasteiger partial charge on any atom is 0.164 e. The molecule has 3 heterocycles. The van der Waals surface area contributed by atoms with Crippen LogP contribution in [0.2, 0.25) is 0 Å². The highest BCUT2D eigenvalue weighted by Crippen LogP contribution is 2.46. The van der Waals surface area contributed by atoms with Crippen molar-refractivity contribution in [3.63, 3.8) is 0 Å². The number of halogens is 1. The number of anilines is 1. The summed E-state index contributed by atoms with van der Waals surface area (Å²) in [6.45, 7) is 0. The quantitative estimate of drug-likeness (QED) is 0.670. The molecule has 2 N–H and O–H groups in total. The standard InChI is InChI=1S/C14H13IN6O/c15-9-11(20-22-12(9)6-1-2-6)10-8-13(16)17-5-18-14(8)21(19-10)7-3-4-7/h5-7H,1-4H2,(H2,16,17,18). The molecule has 3 aromatic heterocycles. The van der Waals surface area contributed by atoms with E-state index in [4.69, 9.17) is 15.4 Å². The number of rotatable bonds is 3. The maximum atomic E-state index is 6.09. The monoisotopic (exact) mass is 408 g/mol. The highest BCUT2D eigenvalue weighted by atomic mass is 127. The zero-order valence-corrected chi connectivity index (χ0v) is 13.8. The summed E-state index contributed by atoms with van der Waals surface area (Å²) < 4.78 is 8.56. The summed E-state index contributed by atoms with van der Waals surface area (Å²) in [6, 6.07) is 0.415. The van der Waals surface area contributed by atoms with Gasteiger partial charge in [0.1, 0.15) is 23.5 Å². The molecular formula is C14H13IN6O. The van der Waals surface area contributed by atoms with E-state index in [1.54, 1.807) is 0 Å². The third-order valence-electron chi connectivity index (χ3n) is 4.24. The van der Waals surface area contributed by atoms with Gasteiger partial charge in [0.05, 0.1) is 15.0 Å². The molecule has 22 heavy (non-hydrogen) atoms. The molecule has 0 bridgehead atoms. The summed E-state index contributed by atoms with van der Waals surface area (Å²) in [5, 5.41) is 9.79. The van der Waals surface area contributed by atoms with Crippen molar-refractivity contribution in [2.45, 2.75) is 37.6 Å². The molecule has 0 radical (unpaired) electrons. The molecule has 112 valence electrons.